The van der Waals surface area contributed by atoms with Gasteiger partial charge in [0, 0.05) is 26.3 Å². The van der Waals surface area contributed by atoms with Crippen molar-refractivity contribution in [1.29, 1.82) is 0 Å². The van der Waals surface area contributed by atoms with E-state index in [1.807, 2.05) is 0 Å². The zero-order valence-corrected chi connectivity index (χ0v) is 12.1. The summed E-state index contributed by atoms with van der Waals surface area (Å²) in [5.41, 5.74) is 3.09. The van der Waals surface area contributed by atoms with Gasteiger partial charge in [0.25, 0.3) is 0 Å². The molecule has 19 heavy (non-hydrogen) atoms. The number of hydrogen-bond acceptors (Lipinski definition) is 3. The Morgan fingerprint density at radius 3 is 2.63 bits per heavy atom. The van der Waals surface area contributed by atoms with Gasteiger partial charge in [-0.05, 0) is 37.5 Å². The second-order valence-corrected chi connectivity index (χ2v) is 6.03. The number of hydrazine groups is 1. The zero-order chi connectivity index (χ0) is 13.6. The zero-order valence-electron chi connectivity index (χ0n) is 12.1. The average molecular weight is 268 g/mol. The van der Waals surface area contributed by atoms with Crippen molar-refractivity contribution in [3.8, 4) is 0 Å². The molecule has 0 atom stereocenters. The number of rotatable bonds is 6. The lowest BCUT2D eigenvalue weighted by Crippen LogP contribution is -2.47. The Bertz CT molecular complexity index is 296. The predicted molar refractivity (Wildman–Crippen MR) is 77.8 cm³/mol. The highest BCUT2D eigenvalue weighted by Crippen LogP contribution is 2.48. The Balaban J connectivity index is 1.78. The third-order valence-electron chi connectivity index (χ3n) is 4.45. The van der Waals surface area contributed by atoms with Gasteiger partial charge >= 0.3 is 0 Å². The van der Waals surface area contributed by atoms with Crippen LogP contribution in [0.15, 0.2) is 4.99 Å². The van der Waals surface area contributed by atoms with Crippen LogP contribution in [0.2, 0.25) is 0 Å². The molecule has 0 radical (unpaired) electrons. The smallest absolute Gasteiger partial charge is 0.205 e. The quantitative estimate of drug-likeness (QED) is 0.296. The minimum absolute atomic E-state index is 0.381. The summed E-state index contributed by atoms with van der Waals surface area (Å²) < 4.78 is 5.17. The number of hydrogen-bond donors (Lipinski definition) is 3. The number of nitrogens with zero attached hydrogens (tertiary/aromatic N) is 1. The van der Waals surface area contributed by atoms with E-state index in [0.717, 1.165) is 25.5 Å². The summed E-state index contributed by atoms with van der Waals surface area (Å²) in [6.45, 7) is 1.69. The molecule has 2 rings (SSSR count). The molecule has 2 aliphatic rings. The summed E-state index contributed by atoms with van der Waals surface area (Å²) >= 11 is 0. The number of nitrogens with two attached hydrogens (primary N) is 1. The van der Waals surface area contributed by atoms with Crippen LogP contribution in [-0.2, 0) is 4.74 Å². The monoisotopic (exact) mass is 268 g/mol. The van der Waals surface area contributed by atoms with Crippen LogP contribution in [0.5, 0.6) is 0 Å². The van der Waals surface area contributed by atoms with E-state index in [-0.39, 0.29) is 0 Å². The van der Waals surface area contributed by atoms with Crippen molar-refractivity contribution in [3.63, 3.8) is 0 Å². The van der Waals surface area contributed by atoms with E-state index >= 15 is 0 Å². The van der Waals surface area contributed by atoms with Crippen molar-refractivity contribution in [2.24, 2.45) is 16.3 Å². The van der Waals surface area contributed by atoms with E-state index in [0.29, 0.717) is 11.5 Å². The van der Waals surface area contributed by atoms with Crippen molar-refractivity contribution >= 4 is 5.96 Å². The normalized spacial score (nSPS) is 23.2. The number of guanidine groups is 1. The lowest BCUT2D eigenvalue weighted by molar-refractivity contribution is 0.174. The molecule has 2 saturated carbocycles. The van der Waals surface area contributed by atoms with E-state index in [4.69, 9.17) is 10.6 Å². The van der Waals surface area contributed by atoms with Crippen molar-refractivity contribution in [2.75, 3.05) is 20.3 Å². The van der Waals surface area contributed by atoms with Gasteiger partial charge < -0.3 is 10.1 Å². The third kappa shape index (κ3) is 4.66. The highest BCUT2D eigenvalue weighted by molar-refractivity contribution is 5.79. The lowest BCUT2D eigenvalue weighted by Gasteiger charge is -2.24. The first-order chi connectivity index (χ1) is 9.28. The van der Waals surface area contributed by atoms with Crippen LogP contribution in [0.3, 0.4) is 0 Å². The second kappa shape index (κ2) is 7.10. The summed E-state index contributed by atoms with van der Waals surface area (Å²) in [6.07, 6.45) is 10.1. The highest BCUT2D eigenvalue weighted by Gasteiger charge is 2.41. The first-order valence-electron chi connectivity index (χ1n) is 7.54. The Morgan fingerprint density at radius 2 is 2.05 bits per heavy atom. The number of methoxy groups -OCH3 is 1. The summed E-state index contributed by atoms with van der Waals surface area (Å²) in [5.74, 6) is 6.33. The molecule has 4 N–H and O–H groups in total. The second-order valence-electron chi connectivity index (χ2n) is 6.03. The first kappa shape index (κ1) is 14.6. The fourth-order valence-corrected chi connectivity index (χ4v) is 2.80. The van der Waals surface area contributed by atoms with E-state index in [2.05, 4.69) is 15.7 Å². The van der Waals surface area contributed by atoms with Gasteiger partial charge in [-0.15, -0.1) is 0 Å². The van der Waals surface area contributed by atoms with Crippen molar-refractivity contribution in [2.45, 2.75) is 57.4 Å². The third-order valence-corrected chi connectivity index (χ3v) is 4.45. The van der Waals surface area contributed by atoms with Crippen molar-refractivity contribution < 1.29 is 4.74 Å². The molecule has 0 saturated heterocycles. The predicted octanol–water partition coefficient (Wildman–Crippen LogP) is 1.54. The molecular weight excluding hydrogens is 240 g/mol. The van der Waals surface area contributed by atoms with Crippen LogP contribution in [0.4, 0.5) is 0 Å². The van der Waals surface area contributed by atoms with E-state index < -0.39 is 0 Å². The number of nitrogens with one attached hydrogen (secondary N) is 2. The fourth-order valence-electron chi connectivity index (χ4n) is 2.80. The van der Waals surface area contributed by atoms with Crippen LogP contribution in [0.25, 0.3) is 0 Å². The van der Waals surface area contributed by atoms with Crippen LogP contribution in [0, 0.1) is 5.41 Å². The maximum absolute atomic E-state index is 5.57. The van der Waals surface area contributed by atoms with E-state index in [9.17, 15) is 0 Å². The SMILES string of the molecule is COCCC1(CN=C(NN)NC2CCCCC2)CC1. The van der Waals surface area contributed by atoms with Gasteiger partial charge in [-0.1, -0.05) is 19.3 Å². The molecule has 0 unspecified atom stereocenters. The standard InChI is InChI=1S/C14H28N4O/c1-19-10-9-14(7-8-14)11-16-13(18-15)17-12-5-3-2-4-6-12/h12H,2-11,15H2,1H3,(H2,16,17,18). The van der Waals surface area contributed by atoms with Crippen molar-refractivity contribution in [1.82, 2.24) is 10.7 Å². The van der Waals surface area contributed by atoms with Crippen LogP contribution in [-0.4, -0.2) is 32.3 Å². The Kier molecular flexibility index (Phi) is 5.45. The van der Waals surface area contributed by atoms with Gasteiger partial charge in [-0.25, -0.2) is 5.84 Å². The molecule has 0 heterocycles. The minimum Gasteiger partial charge on any atom is -0.385 e. The molecule has 2 fully saturated rings. The lowest BCUT2D eigenvalue weighted by atomic mass is 9.96. The maximum Gasteiger partial charge on any atom is 0.205 e. The maximum atomic E-state index is 5.57. The molecule has 0 aromatic heterocycles. The molecule has 0 spiro atoms. The van der Waals surface area contributed by atoms with E-state index in [1.54, 1.807) is 7.11 Å². The van der Waals surface area contributed by atoms with Crippen LogP contribution >= 0.6 is 0 Å². The Hall–Kier alpha value is -0.810. The van der Waals surface area contributed by atoms with Crippen LogP contribution in [0.1, 0.15) is 51.4 Å². The molecule has 0 amide bonds. The molecule has 5 heteroatoms. The van der Waals surface area contributed by atoms with Crippen molar-refractivity contribution in [3.05, 3.63) is 0 Å². The first-order valence-corrected chi connectivity index (χ1v) is 7.54. The minimum atomic E-state index is 0.381. The van der Waals surface area contributed by atoms with Gasteiger partial charge in [-0.3, -0.25) is 10.4 Å². The highest BCUT2D eigenvalue weighted by atomic mass is 16.5. The fraction of sp³-hybridized carbons (Fsp3) is 0.929. The molecule has 0 aromatic rings. The van der Waals surface area contributed by atoms with Gasteiger partial charge in [0.15, 0.2) is 0 Å². The number of aliphatic imine (C=N–C) groups is 1. The van der Waals surface area contributed by atoms with Gasteiger partial charge in [0.1, 0.15) is 0 Å². The molecule has 110 valence electrons. The topological polar surface area (TPSA) is 71.7 Å². The Labute approximate surface area is 116 Å². The summed E-state index contributed by atoms with van der Waals surface area (Å²) in [5, 5.41) is 3.44. The average Bonchev–Trinajstić information content (AvgIpc) is 3.23. The molecule has 2 aliphatic carbocycles. The molecule has 0 aromatic carbocycles. The van der Waals surface area contributed by atoms with Crippen LogP contribution < -0.4 is 16.6 Å². The van der Waals surface area contributed by atoms with Gasteiger partial charge in [0.2, 0.25) is 5.96 Å². The largest absolute Gasteiger partial charge is 0.385 e. The number of ether oxygens (including phenoxy) is 1. The molecule has 5 nitrogen and oxygen atoms in total. The summed E-state index contributed by atoms with van der Waals surface area (Å²) in [6, 6.07) is 0.540. The van der Waals surface area contributed by atoms with Gasteiger partial charge in [0.05, 0.1) is 0 Å². The molecular formula is C14H28N4O. The summed E-state index contributed by atoms with van der Waals surface area (Å²) in [4.78, 5) is 4.64. The summed E-state index contributed by atoms with van der Waals surface area (Å²) in [7, 11) is 1.76. The van der Waals surface area contributed by atoms with E-state index in [1.165, 1.54) is 44.9 Å². The molecule has 0 aliphatic heterocycles. The Morgan fingerprint density at radius 1 is 1.32 bits per heavy atom. The van der Waals surface area contributed by atoms with Gasteiger partial charge in [-0.2, -0.15) is 0 Å². The molecule has 0 bridgehead atoms.